The minimum absolute atomic E-state index is 0.491. The van der Waals surface area contributed by atoms with Crippen LogP contribution in [-0.4, -0.2) is 4.57 Å². The van der Waals surface area contributed by atoms with E-state index in [2.05, 4.69) is 113 Å². The van der Waals surface area contributed by atoms with Gasteiger partial charge in [-0.3, -0.25) is 0 Å². The maximum atomic E-state index is 8.03. The number of furan rings is 2. The zero-order valence-electron chi connectivity index (χ0n) is 25.1. The first-order chi connectivity index (χ1) is 23.3. The van der Waals surface area contributed by atoms with Crippen molar-refractivity contribution >= 4 is 71.4 Å². The zero-order valence-corrected chi connectivity index (χ0v) is 25.1. The van der Waals surface area contributed by atoms with Gasteiger partial charge in [0.25, 0.3) is 0 Å². The summed E-state index contributed by atoms with van der Waals surface area (Å²) in [5.74, 6) is 0. The van der Waals surface area contributed by atoms with E-state index in [9.17, 15) is 0 Å². The number of benzene rings is 7. The van der Waals surface area contributed by atoms with E-state index in [1.165, 1.54) is 21.9 Å². The highest BCUT2D eigenvalue weighted by molar-refractivity contribution is 6.22. The van der Waals surface area contributed by atoms with Crippen LogP contribution in [0.1, 0.15) is 0 Å². The molecule has 218 valence electrons. The van der Waals surface area contributed by atoms with Gasteiger partial charge in [0.2, 0.25) is 5.69 Å². The van der Waals surface area contributed by atoms with E-state index in [-0.39, 0.29) is 0 Å². The molecule has 0 bridgehead atoms. The Kier molecular flexibility index (Phi) is 5.32. The van der Waals surface area contributed by atoms with Crippen molar-refractivity contribution in [1.82, 2.24) is 4.57 Å². The first kappa shape index (κ1) is 25.7. The second-order valence-electron chi connectivity index (χ2n) is 11.9. The molecule has 0 atom stereocenters. The molecular formula is C43H24N2O2. The van der Waals surface area contributed by atoms with E-state index in [0.29, 0.717) is 11.3 Å². The molecule has 7 aromatic carbocycles. The summed E-state index contributed by atoms with van der Waals surface area (Å²) in [6.07, 6.45) is 0. The highest BCUT2D eigenvalue weighted by Crippen LogP contribution is 2.47. The van der Waals surface area contributed by atoms with Crippen molar-refractivity contribution in [3.05, 3.63) is 157 Å². The van der Waals surface area contributed by atoms with Crippen molar-refractivity contribution in [3.8, 4) is 27.9 Å². The van der Waals surface area contributed by atoms with Crippen molar-refractivity contribution < 1.29 is 8.83 Å². The average Bonchev–Trinajstić information content (AvgIpc) is 3.81. The molecule has 47 heavy (non-hydrogen) atoms. The fraction of sp³-hybridized carbons (Fsp3) is 0. The molecule has 0 saturated heterocycles. The van der Waals surface area contributed by atoms with Crippen molar-refractivity contribution in [2.45, 2.75) is 0 Å². The van der Waals surface area contributed by atoms with Gasteiger partial charge in [-0.2, -0.15) is 0 Å². The minimum atomic E-state index is 0.491. The Morgan fingerprint density at radius 1 is 0.468 bits per heavy atom. The van der Waals surface area contributed by atoms with Crippen LogP contribution in [0.15, 0.2) is 154 Å². The number of para-hydroxylation sites is 3. The summed E-state index contributed by atoms with van der Waals surface area (Å²) in [6.45, 7) is 8.03. The van der Waals surface area contributed by atoms with Gasteiger partial charge in [-0.25, -0.2) is 4.85 Å². The predicted molar refractivity (Wildman–Crippen MR) is 192 cm³/mol. The third kappa shape index (κ3) is 3.63. The molecule has 0 saturated carbocycles. The lowest BCUT2D eigenvalue weighted by molar-refractivity contribution is 0.668. The number of hydrogen-bond donors (Lipinski definition) is 0. The maximum Gasteiger partial charge on any atom is 0.229 e. The molecule has 4 heteroatoms. The lowest BCUT2D eigenvalue weighted by Gasteiger charge is -2.09. The summed E-state index contributed by atoms with van der Waals surface area (Å²) < 4.78 is 15.4. The molecule has 0 aliphatic heterocycles. The average molecular weight is 601 g/mol. The number of aromatic nitrogens is 1. The van der Waals surface area contributed by atoms with E-state index in [1.54, 1.807) is 0 Å². The fourth-order valence-corrected chi connectivity index (χ4v) is 7.40. The first-order valence-corrected chi connectivity index (χ1v) is 15.6. The van der Waals surface area contributed by atoms with Crippen molar-refractivity contribution in [2.24, 2.45) is 0 Å². The van der Waals surface area contributed by atoms with Crippen LogP contribution < -0.4 is 0 Å². The summed E-state index contributed by atoms with van der Waals surface area (Å²) in [4.78, 5) is 3.89. The molecule has 0 unspecified atom stereocenters. The Hall–Kier alpha value is -6.57. The van der Waals surface area contributed by atoms with Gasteiger partial charge >= 0.3 is 0 Å². The van der Waals surface area contributed by atoms with Crippen LogP contribution in [-0.2, 0) is 0 Å². The molecule has 0 fully saturated rings. The molecule has 4 nitrogen and oxygen atoms in total. The van der Waals surface area contributed by atoms with E-state index in [0.717, 1.165) is 66.1 Å². The number of rotatable bonds is 3. The van der Waals surface area contributed by atoms with Crippen LogP contribution in [0.25, 0.3) is 98.5 Å². The smallest absolute Gasteiger partial charge is 0.229 e. The predicted octanol–water partition coefficient (Wildman–Crippen LogP) is 12.5. The maximum absolute atomic E-state index is 8.03. The Morgan fingerprint density at radius 3 is 2.09 bits per heavy atom. The van der Waals surface area contributed by atoms with Gasteiger partial charge < -0.3 is 13.4 Å². The molecule has 0 aliphatic carbocycles. The lowest BCUT2D eigenvalue weighted by atomic mass is 9.95. The van der Waals surface area contributed by atoms with Crippen LogP contribution in [0.4, 0.5) is 5.69 Å². The van der Waals surface area contributed by atoms with Gasteiger partial charge in [-0.1, -0.05) is 109 Å². The van der Waals surface area contributed by atoms with E-state index < -0.39 is 0 Å². The second kappa shape index (κ2) is 9.71. The topological polar surface area (TPSA) is 35.6 Å². The number of nitrogens with zero attached hydrogens (tertiary/aromatic N) is 2. The normalized spacial score (nSPS) is 11.8. The number of hydrogen-bond acceptors (Lipinski definition) is 2. The standard InChI is InChI=1S/C43H24N2O2/c1-44-34-23-22-30(29-15-10-20-39-40(29)31-14-6-8-19-38(31)46-39)41-32-16-9-18-37(42(32)47-43(34)41)45-35-17-7-5-13-28(35)33-25-27(21-24-36(33)45)26-11-3-2-4-12-26/h2-25H. The number of fused-ring (bicyclic) bond motifs is 9. The lowest BCUT2D eigenvalue weighted by Crippen LogP contribution is -1.94. The summed E-state index contributed by atoms with van der Waals surface area (Å²) in [7, 11) is 0. The third-order valence-corrected chi connectivity index (χ3v) is 9.44. The summed E-state index contributed by atoms with van der Waals surface area (Å²) >= 11 is 0. The molecule has 10 aromatic rings. The van der Waals surface area contributed by atoms with E-state index >= 15 is 0 Å². The highest BCUT2D eigenvalue weighted by Gasteiger charge is 2.23. The van der Waals surface area contributed by atoms with Gasteiger partial charge in [-0.15, -0.1) is 0 Å². The molecule has 0 aliphatic rings. The third-order valence-electron chi connectivity index (χ3n) is 9.44. The molecule has 10 rings (SSSR count). The minimum Gasteiger partial charge on any atom is -0.465 e. The summed E-state index contributed by atoms with van der Waals surface area (Å²) in [5, 5.41) is 6.37. The Morgan fingerprint density at radius 2 is 1.19 bits per heavy atom. The van der Waals surface area contributed by atoms with E-state index in [1.807, 2.05) is 42.5 Å². The van der Waals surface area contributed by atoms with Crippen LogP contribution in [0, 0.1) is 6.57 Å². The molecule has 3 heterocycles. The molecule has 0 spiro atoms. The van der Waals surface area contributed by atoms with Gasteiger partial charge in [-0.05, 0) is 58.7 Å². The summed E-state index contributed by atoms with van der Waals surface area (Å²) in [5.41, 5.74) is 11.1. The summed E-state index contributed by atoms with van der Waals surface area (Å²) in [6, 6.07) is 50.3. The monoisotopic (exact) mass is 600 g/mol. The van der Waals surface area contributed by atoms with Gasteiger partial charge in [0, 0.05) is 32.3 Å². The van der Waals surface area contributed by atoms with Crippen molar-refractivity contribution in [2.75, 3.05) is 0 Å². The van der Waals surface area contributed by atoms with Gasteiger partial charge in [0.15, 0.2) is 5.58 Å². The van der Waals surface area contributed by atoms with Crippen LogP contribution >= 0.6 is 0 Å². The first-order valence-electron chi connectivity index (χ1n) is 15.6. The molecule has 0 N–H and O–H groups in total. The van der Waals surface area contributed by atoms with Crippen molar-refractivity contribution in [3.63, 3.8) is 0 Å². The zero-order chi connectivity index (χ0) is 31.1. The van der Waals surface area contributed by atoms with Crippen LogP contribution in [0.5, 0.6) is 0 Å². The van der Waals surface area contributed by atoms with Gasteiger partial charge in [0.1, 0.15) is 16.7 Å². The van der Waals surface area contributed by atoms with Gasteiger partial charge in [0.05, 0.1) is 23.3 Å². The SMILES string of the molecule is [C-]#[N+]c1ccc(-c2cccc3oc4ccccc4c23)c2c1oc1c(-n3c4ccccc4c4cc(-c5ccccc5)ccc43)cccc12. The largest absolute Gasteiger partial charge is 0.465 e. The van der Waals surface area contributed by atoms with Crippen LogP contribution in [0.3, 0.4) is 0 Å². The van der Waals surface area contributed by atoms with Crippen molar-refractivity contribution in [1.29, 1.82) is 0 Å². The highest BCUT2D eigenvalue weighted by atomic mass is 16.3. The Balaban J connectivity index is 1.29. The fourth-order valence-electron chi connectivity index (χ4n) is 7.40. The Labute approximate surface area is 269 Å². The van der Waals surface area contributed by atoms with Crippen LogP contribution in [0.2, 0.25) is 0 Å². The molecule has 3 aromatic heterocycles. The molecular weight excluding hydrogens is 576 g/mol. The molecule has 0 radical (unpaired) electrons. The van der Waals surface area contributed by atoms with E-state index in [4.69, 9.17) is 15.4 Å². The second-order valence-corrected chi connectivity index (χ2v) is 11.9. The quantitative estimate of drug-likeness (QED) is 0.189. The molecule has 0 amide bonds. The Bertz CT molecular complexity index is 2920.